The molecule has 1 aliphatic carbocycles. The summed E-state index contributed by atoms with van der Waals surface area (Å²) in [6.07, 6.45) is 30.3. The number of hydrogen-bond donors (Lipinski definition) is 2. The minimum Gasteiger partial charge on any atom is -0.462 e. The van der Waals surface area contributed by atoms with Gasteiger partial charge >= 0.3 is 19.8 Å². The van der Waals surface area contributed by atoms with Crippen molar-refractivity contribution < 1.29 is 37.6 Å². The highest BCUT2D eigenvalue weighted by atomic mass is 31.2. The summed E-state index contributed by atoms with van der Waals surface area (Å²) in [4.78, 5) is 34.8. The van der Waals surface area contributed by atoms with Gasteiger partial charge in [-0.1, -0.05) is 155 Å². The van der Waals surface area contributed by atoms with Crippen LogP contribution < -0.4 is 5.73 Å². The number of phosphoric acid groups is 1. The lowest BCUT2D eigenvalue weighted by Gasteiger charge is -2.19. The first-order valence-electron chi connectivity index (χ1n) is 20.0. The third-order valence-corrected chi connectivity index (χ3v) is 10.4. The molecule has 1 saturated carbocycles. The summed E-state index contributed by atoms with van der Waals surface area (Å²) in [5, 5.41) is 0. The van der Waals surface area contributed by atoms with E-state index in [1.54, 1.807) is 0 Å². The summed E-state index contributed by atoms with van der Waals surface area (Å²) in [6.45, 7) is 3.77. The number of ether oxygens (including phenoxy) is 2. The number of phosphoric ester groups is 1. The Morgan fingerprint density at radius 3 is 1.58 bits per heavy atom. The molecule has 48 heavy (non-hydrogen) atoms. The minimum absolute atomic E-state index is 0.0589. The van der Waals surface area contributed by atoms with E-state index in [4.69, 9.17) is 24.3 Å². The van der Waals surface area contributed by atoms with E-state index in [9.17, 15) is 19.0 Å². The van der Waals surface area contributed by atoms with Crippen LogP contribution in [-0.4, -0.2) is 49.3 Å². The number of carbonyl (C=O) groups excluding carboxylic acids is 2. The topological polar surface area (TPSA) is 134 Å². The number of carbonyl (C=O) groups is 2. The molecule has 0 spiro atoms. The lowest BCUT2D eigenvalue weighted by atomic mass is 10.0. The van der Waals surface area contributed by atoms with Crippen LogP contribution in [0.15, 0.2) is 0 Å². The van der Waals surface area contributed by atoms with E-state index in [1.807, 2.05) is 0 Å². The maximum atomic E-state index is 12.6. The molecule has 0 radical (unpaired) electrons. The molecule has 1 unspecified atom stereocenters. The molecule has 0 heterocycles. The number of rotatable bonds is 36. The van der Waals surface area contributed by atoms with Crippen molar-refractivity contribution in [1.29, 1.82) is 0 Å². The average Bonchev–Trinajstić information content (AvgIpc) is 3.82. The summed E-state index contributed by atoms with van der Waals surface area (Å²) >= 11 is 0. The van der Waals surface area contributed by atoms with Gasteiger partial charge in [-0.2, -0.15) is 0 Å². The monoisotopic (exact) mass is 704 g/mol. The van der Waals surface area contributed by atoms with Crippen LogP contribution in [0.4, 0.5) is 0 Å². The fourth-order valence-electron chi connectivity index (χ4n) is 6.35. The molecule has 1 fully saturated rings. The van der Waals surface area contributed by atoms with Gasteiger partial charge in [-0.15, -0.1) is 0 Å². The van der Waals surface area contributed by atoms with E-state index >= 15 is 0 Å². The molecule has 0 saturated heterocycles. The molecule has 9 nitrogen and oxygen atoms in total. The smallest absolute Gasteiger partial charge is 0.462 e. The lowest BCUT2D eigenvalue weighted by molar-refractivity contribution is -0.161. The fraction of sp³-hybridized carbons (Fsp3) is 0.947. The van der Waals surface area contributed by atoms with Gasteiger partial charge in [-0.05, 0) is 31.1 Å². The highest BCUT2D eigenvalue weighted by Gasteiger charge is 2.35. The highest BCUT2D eigenvalue weighted by molar-refractivity contribution is 7.47. The zero-order chi connectivity index (χ0) is 35.1. The zero-order valence-corrected chi connectivity index (χ0v) is 31.9. The second-order valence-corrected chi connectivity index (χ2v) is 15.5. The second kappa shape index (κ2) is 30.8. The van der Waals surface area contributed by atoms with Gasteiger partial charge in [0.05, 0.1) is 13.2 Å². The third-order valence-electron chi connectivity index (χ3n) is 9.46. The van der Waals surface area contributed by atoms with Crippen molar-refractivity contribution in [3.8, 4) is 0 Å². The Labute approximate surface area is 294 Å². The van der Waals surface area contributed by atoms with Gasteiger partial charge in [-0.3, -0.25) is 18.6 Å². The van der Waals surface area contributed by atoms with Crippen molar-refractivity contribution in [3.63, 3.8) is 0 Å². The predicted molar refractivity (Wildman–Crippen MR) is 195 cm³/mol. The number of hydrogen-bond acceptors (Lipinski definition) is 8. The summed E-state index contributed by atoms with van der Waals surface area (Å²) in [6, 6.07) is 0. The molecule has 0 amide bonds. The van der Waals surface area contributed by atoms with E-state index in [0.717, 1.165) is 43.9 Å². The first-order chi connectivity index (χ1) is 23.3. The van der Waals surface area contributed by atoms with E-state index in [2.05, 4.69) is 13.8 Å². The second-order valence-electron chi connectivity index (χ2n) is 14.1. The van der Waals surface area contributed by atoms with Crippen LogP contribution in [-0.2, 0) is 32.7 Å². The molecule has 0 aliphatic heterocycles. The van der Waals surface area contributed by atoms with Gasteiger partial charge in [0.2, 0.25) is 0 Å². The first kappa shape index (κ1) is 45.0. The maximum absolute atomic E-state index is 12.6. The lowest BCUT2D eigenvalue weighted by Crippen LogP contribution is -2.29. The van der Waals surface area contributed by atoms with Gasteiger partial charge in [-0.25, -0.2) is 4.57 Å². The van der Waals surface area contributed by atoms with Gasteiger partial charge in [0.1, 0.15) is 6.61 Å². The Morgan fingerprint density at radius 1 is 0.646 bits per heavy atom. The van der Waals surface area contributed by atoms with Crippen LogP contribution in [0.2, 0.25) is 0 Å². The van der Waals surface area contributed by atoms with Crippen LogP contribution in [0.3, 0.4) is 0 Å². The van der Waals surface area contributed by atoms with Crippen molar-refractivity contribution in [2.45, 2.75) is 193 Å². The zero-order valence-electron chi connectivity index (χ0n) is 31.0. The van der Waals surface area contributed by atoms with E-state index in [1.165, 1.54) is 122 Å². The van der Waals surface area contributed by atoms with E-state index in [-0.39, 0.29) is 38.6 Å². The van der Waals surface area contributed by atoms with Gasteiger partial charge in [0, 0.05) is 19.4 Å². The quantitative estimate of drug-likeness (QED) is 0.0371. The van der Waals surface area contributed by atoms with Crippen molar-refractivity contribution >= 4 is 19.8 Å². The summed E-state index contributed by atoms with van der Waals surface area (Å²) in [5.41, 5.74) is 5.34. The molecule has 1 aliphatic rings. The van der Waals surface area contributed by atoms with Crippen molar-refractivity contribution in [2.24, 2.45) is 17.6 Å². The Balaban J connectivity index is 2.20. The first-order valence-corrected chi connectivity index (χ1v) is 21.5. The highest BCUT2D eigenvalue weighted by Crippen LogP contribution is 2.46. The molecule has 0 aromatic heterocycles. The standard InChI is InChI=1S/C38H74NO8P/c1-3-5-7-9-10-11-12-13-14-15-16-19-23-27-37(40)44-32-36(33-46-48(42,43)45-30-29-39)47-38(41)28-24-20-17-18-22-26-35-31-34(35)25-21-8-6-4-2/h34-36H,3-33,39H2,1-2H3,(H,42,43)/t34-,35+,36+/m0/s1. The third kappa shape index (κ3) is 27.8. The van der Waals surface area contributed by atoms with E-state index in [0.29, 0.717) is 6.42 Å². The molecule has 3 N–H and O–H groups in total. The number of esters is 2. The predicted octanol–water partition coefficient (Wildman–Crippen LogP) is 10.4. The average molecular weight is 704 g/mol. The SMILES string of the molecule is CCCCCCCCCCCCCCCC(=O)OC[C@H](COP(=O)(O)OCCN)OC(=O)CCCCCCC[C@@H]1C[C@@H]1CCCCCC. The molecular formula is C38H74NO8P. The van der Waals surface area contributed by atoms with Gasteiger partial charge in [0.15, 0.2) is 6.10 Å². The normalized spacial score (nSPS) is 17.6. The molecule has 10 heteroatoms. The van der Waals surface area contributed by atoms with Crippen molar-refractivity contribution in [3.05, 3.63) is 0 Å². The number of unbranched alkanes of at least 4 members (excludes halogenated alkanes) is 19. The largest absolute Gasteiger partial charge is 0.472 e. The maximum Gasteiger partial charge on any atom is 0.472 e. The van der Waals surface area contributed by atoms with Crippen molar-refractivity contribution in [2.75, 3.05) is 26.4 Å². The molecule has 0 aromatic carbocycles. The number of nitrogens with two attached hydrogens (primary N) is 1. The molecule has 1 rings (SSSR count). The van der Waals surface area contributed by atoms with Crippen LogP contribution in [0.5, 0.6) is 0 Å². The van der Waals surface area contributed by atoms with E-state index < -0.39 is 26.5 Å². The fourth-order valence-corrected chi connectivity index (χ4v) is 7.11. The molecule has 4 atom stereocenters. The van der Waals surface area contributed by atoms with Crippen LogP contribution in [0.1, 0.15) is 187 Å². The Hall–Kier alpha value is -0.990. The molecule has 0 bridgehead atoms. The van der Waals surface area contributed by atoms with Crippen LogP contribution in [0, 0.1) is 11.8 Å². The molecular weight excluding hydrogens is 629 g/mol. The minimum atomic E-state index is -4.36. The Morgan fingerprint density at radius 2 is 1.08 bits per heavy atom. The summed E-state index contributed by atoms with van der Waals surface area (Å²) in [7, 11) is -4.36. The Bertz CT molecular complexity index is 829. The molecule has 284 valence electrons. The summed E-state index contributed by atoms with van der Waals surface area (Å²) < 4.78 is 32.7. The summed E-state index contributed by atoms with van der Waals surface area (Å²) in [5.74, 6) is 1.11. The van der Waals surface area contributed by atoms with Gasteiger partial charge in [0.25, 0.3) is 0 Å². The van der Waals surface area contributed by atoms with Crippen molar-refractivity contribution in [1.82, 2.24) is 0 Å². The Kier molecular flexibility index (Phi) is 28.9. The van der Waals surface area contributed by atoms with Crippen LogP contribution >= 0.6 is 7.82 Å². The van der Waals surface area contributed by atoms with Crippen LogP contribution in [0.25, 0.3) is 0 Å². The van der Waals surface area contributed by atoms with Gasteiger partial charge < -0.3 is 20.1 Å². The molecule has 0 aromatic rings.